The van der Waals surface area contributed by atoms with Crippen molar-refractivity contribution < 1.29 is 18.8 Å². The molecule has 150 valence electrons. The van der Waals surface area contributed by atoms with E-state index in [0.29, 0.717) is 43.0 Å². The number of carbonyl (C=O) groups excluding carboxylic acids is 3. The minimum Gasteiger partial charge on any atom is -0.335 e. The van der Waals surface area contributed by atoms with Gasteiger partial charge in [-0.25, -0.2) is 4.39 Å². The molecule has 2 aromatic carbocycles. The maximum atomic E-state index is 13.4. The molecule has 4 rings (SSSR count). The molecular formula is C22H22FN3O3. The average molecular weight is 395 g/mol. The Morgan fingerprint density at radius 1 is 0.828 bits per heavy atom. The van der Waals surface area contributed by atoms with Crippen LogP contribution in [-0.4, -0.2) is 53.7 Å². The molecule has 1 saturated heterocycles. The second-order valence-corrected chi connectivity index (χ2v) is 7.44. The first-order valence-electron chi connectivity index (χ1n) is 9.76. The van der Waals surface area contributed by atoms with Gasteiger partial charge in [-0.2, -0.15) is 0 Å². The van der Waals surface area contributed by atoms with Gasteiger partial charge in [-0.3, -0.25) is 14.4 Å². The molecule has 1 N–H and O–H groups in total. The summed E-state index contributed by atoms with van der Waals surface area (Å²) in [5.41, 5.74) is 1.43. The number of carbonyl (C=O) groups is 3. The van der Waals surface area contributed by atoms with Gasteiger partial charge in [0.1, 0.15) is 5.82 Å². The lowest BCUT2D eigenvalue weighted by Crippen LogP contribution is -2.50. The molecule has 0 unspecified atom stereocenters. The van der Waals surface area contributed by atoms with Gasteiger partial charge in [-0.1, -0.05) is 12.1 Å². The number of piperazine rings is 1. The maximum Gasteiger partial charge on any atom is 0.254 e. The van der Waals surface area contributed by atoms with E-state index in [-0.39, 0.29) is 23.6 Å². The van der Waals surface area contributed by atoms with Crippen LogP contribution in [0.3, 0.4) is 0 Å². The van der Waals surface area contributed by atoms with E-state index < -0.39 is 5.82 Å². The van der Waals surface area contributed by atoms with Crippen molar-refractivity contribution in [1.29, 1.82) is 0 Å². The summed E-state index contributed by atoms with van der Waals surface area (Å²) in [5, 5.41) is 2.85. The highest BCUT2D eigenvalue weighted by atomic mass is 19.1. The Morgan fingerprint density at radius 3 is 1.93 bits per heavy atom. The fourth-order valence-corrected chi connectivity index (χ4v) is 3.42. The quantitative estimate of drug-likeness (QED) is 0.866. The highest BCUT2D eigenvalue weighted by molar-refractivity contribution is 5.98. The molecule has 0 atom stereocenters. The topological polar surface area (TPSA) is 69.7 Å². The summed E-state index contributed by atoms with van der Waals surface area (Å²) < 4.78 is 13.4. The normalized spacial score (nSPS) is 16.4. The van der Waals surface area contributed by atoms with Crippen LogP contribution in [0.5, 0.6) is 0 Å². The van der Waals surface area contributed by atoms with Gasteiger partial charge in [-0.15, -0.1) is 0 Å². The number of anilines is 1. The van der Waals surface area contributed by atoms with Crippen LogP contribution in [0.15, 0.2) is 48.5 Å². The second kappa shape index (κ2) is 8.03. The van der Waals surface area contributed by atoms with Gasteiger partial charge >= 0.3 is 0 Å². The highest BCUT2D eigenvalue weighted by Gasteiger charge is 2.30. The number of nitrogens with zero attached hydrogens (tertiary/aromatic N) is 2. The Labute approximate surface area is 168 Å². The highest BCUT2D eigenvalue weighted by Crippen LogP contribution is 2.30. The standard InChI is InChI=1S/C22H22FN3O3/c23-18-5-1-3-16(13-18)21(28)25-9-11-26(12-10-25)22(29)17-4-2-6-19(14-17)24-20(27)15-7-8-15/h1-6,13-15H,7-12H2,(H,24,27). The van der Waals surface area contributed by atoms with E-state index in [0.717, 1.165) is 12.8 Å². The number of halogens is 1. The number of amides is 3. The molecule has 0 spiro atoms. The molecule has 0 bridgehead atoms. The summed E-state index contributed by atoms with van der Waals surface area (Å²) in [7, 11) is 0. The SMILES string of the molecule is O=C(Nc1cccc(C(=O)N2CCN(C(=O)c3cccc(F)c3)CC2)c1)C1CC1. The monoisotopic (exact) mass is 395 g/mol. The number of nitrogens with one attached hydrogen (secondary N) is 1. The lowest BCUT2D eigenvalue weighted by atomic mass is 10.1. The Balaban J connectivity index is 1.36. The van der Waals surface area contributed by atoms with Gasteiger partial charge in [0.15, 0.2) is 0 Å². The zero-order valence-corrected chi connectivity index (χ0v) is 15.9. The molecule has 3 amide bonds. The summed E-state index contributed by atoms with van der Waals surface area (Å²) in [5.74, 6) is -0.720. The third-order valence-corrected chi connectivity index (χ3v) is 5.25. The van der Waals surface area contributed by atoms with E-state index in [4.69, 9.17) is 0 Å². The lowest BCUT2D eigenvalue weighted by molar-refractivity contribution is -0.117. The molecule has 2 aromatic rings. The number of hydrogen-bond acceptors (Lipinski definition) is 3. The van der Waals surface area contributed by atoms with Crippen LogP contribution in [0, 0.1) is 11.7 Å². The summed E-state index contributed by atoms with van der Waals surface area (Å²) in [6.45, 7) is 1.58. The first kappa shape index (κ1) is 19.1. The largest absolute Gasteiger partial charge is 0.335 e. The van der Waals surface area contributed by atoms with E-state index in [1.165, 1.54) is 18.2 Å². The molecule has 29 heavy (non-hydrogen) atoms. The summed E-state index contributed by atoms with van der Waals surface area (Å²) in [4.78, 5) is 40.6. The minimum absolute atomic E-state index is 0.000857. The van der Waals surface area contributed by atoms with Gasteiger partial charge < -0.3 is 15.1 Å². The summed E-state index contributed by atoms with van der Waals surface area (Å²) in [6.07, 6.45) is 1.84. The molecule has 1 saturated carbocycles. The molecule has 2 aliphatic rings. The third kappa shape index (κ3) is 4.45. The molecule has 6 nitrogen and oxygen atoms in total. The van der Waals surface area contributed by atoms with E-state index >= 15 is 0 Å². The van der Waals surface area contributed by atoms with Crippen LogP contribution in [0.4, 0.5) is 10.1 Å². The van der Waals surface area contributed by atoms with Crippen LogP contribution in [0.2, 0.25) is 0 Å². The zero-order chi connectivity index (χ0) is 20.4. The Bertz CT molecular complexity index is 950. The zero-order valence-electron chi connectivity index (χ0n) is 15.9. The van der Waals surface area contributed by atoms with Crippen molar-refractivity contribution in [1.82, 2.24) is 9.80 Å². The van der Waals surface area contributed by atoms with E-state index in [1.54, 1.807) is 40.1 Å². The number of benzene rings is 2. The van der Waals surface area contributed by atoms with Gasteiger partial charge in [0, 0.05) is 48.9 Å². The predicted molar refractivity (Wildman–Crippen MR) is 106 cm³/mol. The van der Waals surface area contributed by atoms with Crippen molar-refractivity contribution in [2.45, 2.75) is 12.8 Å². The third-order valence-electron chi connectivity index (χ3n) is 5.25. The van der Waals surface area contributed by atoms with Gasteiger partial charge in [-0.05, 0) is 49.2 Å². The Kier molecular flexibility index (Phi) is 5.29. The molecular weight excluding hydrogens is 373 g/mol. The first-order valence-corrected chi connectivity index (χ1v) is 9.76. The lowest BCUT2D eigenvalue weighted by Gasteiger charge is -2.35. The Hall–Kier alpha value is -3.22. The van der Waals surface area contributed by atoms with Gasteiger partial charge in [0.05, 0.1) is 0 Å². The minimum atomic E-state index is -0.446. The van der Waals surface area contributed by atoms with Gasteiger partial charge in [0.2, 0.25) is 5.91 Å². The number of hydrogen-bond donors (Lipinski definition) is 1. The van der Waals surface area contributed by atoms with Crippen LogP contribution < -0.4 is 5.32 Å². The van der Waals surface area contributed by atoms with Gasteiger partial charge in [0.25, 0.3) is 11.8 Å². The molecule has 1 aliphatic heterocycles. The summed E-state index contributed by atoms with van der Waals surface area (Å²) in [6, 6.07) is 12.6. The molecule has 0 aromatic heterocycles. The molecule has 1 aliphatic carbocycles. The van der Waals surface area contributed by atoms with E-state index in [9.17, 15) is 18.8 Å². The second-order valence-electron chi connectivity index (χ2n) is 7.44. The fourth-order valence-electron chi connectivity index (χ4n) is 3.42. The van der Waals surface area contributed by atoms with Crippen LogP contribution in [0.25, 0.3) is 0 Å². The van der Waals surface area contributed by atoms with Crippen molar-refractivity contribution >= 4 is 23.4 Å². The van der Waals surface area contributed by atoms with E-state index in [2.05, 4.69) is 5.32 Å². The average Bonchev–Trinajstić information content (AvgIpc) is 3.58. The molecule has 2 fully saturated rings. The van der Waals surface area contributed by atoms with Crippen molar-refractivity contribution in [2.75, 3.05) is 31.5 Å². The van der Waals surface area contributed by atoms with Crippen LogP contribution in [-0.2, 0) is 4.79 Å². The van der Waals surface area contributed by atoms with Crippen LogP contribution >= 0.6 is 0 Å². The molecule has 7 heteroatoms. The van der Waals surface area contributed by atoms with E-state index in [1.807, 2.05) is 0 Å². The summed E-state index contributed by atoms with van der Waals surface area (Å²) >= 11 is 0. The van der Waals surface area contributed by atoms with Crippen molar-refractivity contribution in [2.24, 2.45) is 5.92 Å². The van der Waals surface area contributed by atoms with Crippen molar-refractivity contribution in [3.05, 3.63) is 65.5 Å². The molecule has 1 heterocycles. The number of rotatable bonds is 4. The van der Waals surface area contributed by atoms with Crippen molar-refractivity contribution in [3.63, 3.8) is 0 Å². The first-order chi connectivity index (χ1) is 14.0. The Morgan fingerprint density at radius 2 is 1.38 bits per heavy atom. The van der Waals surface area contributed by atoms with Crippen LogP contribution in [0.1, 0.15) is 33.6 Å². The smallest absolute Gasteiger partial charge is 0.254 e. The predicted octanol–water partition coefficient (Wildman–Crippen LogP) is 2.77. The molecule has 0 radical (unpaired) electrons. The maximum absolute atomic E-state index is 13.4. The fraction of sp³-hybridized carbons (Fsp3) is 0.318. The van der Waals surface area contributed by atoms with Crippen molar-refractivity contribution in [3.8, 4) is 0 Å².